The molecule has 0 atom stereocenters. The molecule has 0 amide bonds. The summed E-state index contributed by atoms with van der Waals surface area (Å²) in [6, 6.07) is 0. The van der Waals surface area contributed by atoms with Gasteiger partial charge in [-0.2, -0.15) is 0 Å². The number of hydrogen-bond acceptors (Lipinski definition) is 0. The molecule has 10 heavy (non-hydrogen) atoms. The minimum absolute atomic E-state index is 1.06. The van der Waals surface area contributed by atoms with Gasteiger partial charge in [-0.3, -0.25) is 0 Å². The predicted molar refractivity (Wildman–Crippen MR) is 45.8 cm³/mol. The first kappa shape index (κ1) is 7.07. The Morgan fingerprint density at radius 3 is 2.90 bits per heavy atom. The maximum Gasteiger partial charge on any atom is -0.0238 e. The van der Waals surface area contributed by atoms with Crippen molar-refractivity contribution in [2.24, 2.45) is 0 Å². The van der Waals surface area contributed by atoms with Crippen molar-refractivity contribution in [1.82, 2.24) is 0 Å². The molecule has 52 valence electrons. The van der Waals surface area contributed by atoms with Crippen LogP contribution in [0.25, 0.3) is 0 Å². The summed E-state index contributed by atoms with van der Waals surface area (Å²) in [5, 5.41) is 0. The van der Waals surface area contributed by atoms with Crippen LogP contribution >= 0.6 is 0 Å². The van der Waals surface area contributed by atoms with Gasteiger partial charge in [0.25, 0.3) is 0 Å². The van der Waals surface area contributed by atoms with E-state index >= 15 is 0 Å². The van der Waals surface area contributed by atoms with Crippen LogP contribution in [0.15, 0.2) is 48.6 Å². The molecule has 0 aromatic heterocycles. The monoisotopic (exact) mass is 132 g/mol. The molecular formula is C10H12. The zero-order valence-electron chi connectivity index (χ0n) is 6.14. The third-order valence-electron chi connectivity index (χ3n) is 1.67. The highest BCUT2D eigenvalue weighted by atomic mass is 14.0. The molecule has 1 rings (SSSR count). The summed E-state index contributed by atoms with van der Waals surface area (Å²) >= 11 is 0. The van der Waals surface area contributed by atoms with Crippen LogP contribution in [-0.2, 0) is 0 Å². The van der Waals surface area contributed by atoms with Crippen molar-refractivity contribution in [3.8, 4) is 0 Å². The zero-order chi connectivity index (χ0) is 7.40. The maximum atomic E-state index is 3.88. The lowest BCUT2D eigenvalue weighted by molar-refractivity contribution is 0.980. The summed E-state index contributed by atoms with van der Waals surface area (Å²) in [5.41, 5.74) is 2.38. The largest absolute Gasteiger partial charge is 0.0985 e. The van der Waals surface area contributed by atoms with Crippen LogP contribution in [0.5, 0.6) is 0 Å². The summed E-state index contributed by atoms with van der Waals surface area (Å²) in [5.74, 6) is 0. The molecular weight excluding hydrogens is 120 g/mol. The van der Waals surface area contributed by atoms with Gasteiger partial charge in [0.2, 0.25) is 0 Å². The van der Waals surface area contributed by atoms with Crippen molar-refractivity contribution in [2.75, 3.05) is 0 Å². The molecule has 0 saturated carbocycles. The van der Waals surface area contributed by atoms with Crippen molar-refractivity contribution < 1.29 is 0 Å². The smallest absolute Gasteiger partial charge is 0.0238 e. The average molecular weight is 132 g/mol. The van der Waals surface area contributed by atoms with E-state index < -0.39 is 0 Å². The van der Waals surface area contributed by atoms with Crippen LogP contribution < -0.4 is 0 Å². The van der Waals surface area contributed by atoms with Gasteiger partial charge >= 0.3 is 0 Å². The fourth-order valence-corrected chi connectivity index (χ4v) is 1.00. The SMILES string of the molecule is C=CC(=C)C1=CC=CCC1. The Labute approximate surface area is 62.3 Å². The van der Waals surface area contributed by atoms with E-state index in [4.69, 9.17) is 0 Å². The third-order valence-corrected chi connectivity index (χ3v) is 1.67. The lowest BCUT2D eigenvalue weighted by Gasteiger charge is -2.07. The summed E-state index contributed by atoms with van der Waals surface area (Å²) < 4.78 is 0. The Balaban J connectivity index is 2.71. The van der Waals surface area contributed by atoms with Gasteiger partial charge in [-0.15, -0.1) is 0 Å². The average Bonchev–Trinajstić information content (AvgIpc) is 2.05. The fourth-order valence-electron chi connectivity index (χ4n) is 1.00. The molecule has 0 aromatic rings. The van der Waals surface area contributed by atoms with E-state index in [1.165, 1.54) is 5.57 Å². The molecule has 0 nitrogen and oxygen atoms in total. The molecule has 0 aliphatic heterocycles. The van der Waals surface area contributed by atoms with E-state index in [0.717, 1.165) is 18.4 Å². The van der Waals surface area contributed by atoms with Gasteiger partial charge in [0, 0.05) is 0 Å². The molecule has 0 heteroatoms. The molecule has 0 aromatic carbocycles. The normalized spacial score (nSPS) is 16.2. The van der Waals surface area contributed by atoms with Crippen molar-refractivity contribution in [1.29, 1.82) is 0 Å². The lowest BCUT2D eigenvalue weighted by Crippen LogP contribution is -1.87. The third kappa shape index (κ3) is 1.47. The molecule has 0 unspecified atom stereocenters. The van der Waals surface area contributed by atoms with E-state index in [2.05, 4.69) is 31.4 Å². The second kappa shape index (κ2) is 3.21. The molecule has 0 fully saturated rings. The van der Waals surface area contributed by atoms with Crippen molar-refractivity contribution in [2.45, 2.75) is 12.8 Å². The second-order valence-electron chi connectivity index (χ2n) is 2.39. The van der Waals surface area contributed by atoms with Crippen LogP contribution in [0.4, 0.5) is 0 Å². The summed E-state index contributed by atoms with van der Waals surface area (Å²) in [6.07, 6.45) is 10.4. The summed E-state index contributed by atoms with van der Waals surface area (Å²) in [7, 11) is 0. The minimum Gasteiger partial charge on any atom is -0.0985 e. The fraction of sp³-hybridized carbons (Fsp3) is 0.200. The van der Waals surface area contributed by atoms with Gasteiger partial charge in [-0.1, -0.05) is 37.5 Å². The van der Waals surface area contributed by atoms with Gasteiger partial charge in [0.15, 0.2) is 0 Å². The molecule has 1 aliphatic rings. The molecule has 0 saturated heterocycles. The number of rotatable bonds is 2. The molecule has 0 N–H and O–H groups in total. The minimum atomic E-state index is 1.06. The van der Waals surface area contributed by atoms with Crippen LogP contribution in [-0.4, -0.2) is 0 Å². The van der Waals surface area contributed by atoms with Crippen molar-refractivity contribution in [3.63, 3.8) is 0 Å². The lowest BCUT2D eigenvalue weighted by atomic mass is 9.99. The van der Waals surface area contributed by atoms with Crippen LogP contribution in [0.1, 0.15) is 12.8 Å². The van der Waals surface area contributed by atoms with E-state index in [1.807, 2.05) is 6.08 Å². The quantitative estimate of drug-likeness (QED) is 0.507. The first-order valence-electron chi connectivity index (χ1n) is 3.52. The zero-order valence-corrected chi connectivity index (χ0v) is 6.14. The summed E-state index contributed by atoms with van der Waals surface area (Å²) in [6.45, 7) is 7.55. The predicted octanol–water partition coefficient (Wildman–Crippen LogP) is 3.01. The molecule has 0 heterocycles. The topological polar surface area (TPSA) is 0 Å². The Morgan fingerprint density at radius 2 is 2.40 bits per heavy atom. The first-order valence-corrected chi connectivity index (χ1v) is 3.52. The highest BCUT2D eigenvalue weighted by Crippen LogP contribution is 2.18. The van der Waals surface area contributed by atoms with Crippen LogP contribution in [0.3, 0.4) is 0 Å². The van der Waals surface area contributed by atoms with Gasteiger partial charge in [-0.05, 0) is 24.0 Å². The Morgan fingerprint density at radius 1 is 1.60 bits per heavy atom. The maximum absolute atomic E-state index is 3.88. The highest BCUT2D eigenvalue weighted by molar-refractivity contribution is 5.39. The summed E-state index contributed by atoms with van der Waals surface area (Å²) in [4.78, 5) is 0. The van der Waals surface area contributed by atoms with Gasteiger partial charge in [0.05, 0.1) is 0 Å². The number of allylic oxidation sites excluding steroid dienone is 6. The second-order valence-corrected chi connectivity index (χ2v) is 2.39. The van der Waals surface area contributed by atoms with E-state index in [-0.39, 0.29) is 0 Å². The number of hydrogen-bond donors (Lipinski definition) is 0. The Hall–Kier alpha value is -1.04. The highest BCUT2D eigenvalue weighted by Gasteiger charge is 1.99. The molecule has 1 aliphatic carbocycles. The molecule has 0 spiro atoms. The van der Waals surface area contributed by atoms with Crippen molar-refractivity contribution in [3.05, 3.63) is 48.6 Å². The van der Waals surface area contributed by atoms with Crippen molar-refractivity contribution >= 4 is 0 Å². The first-order chi connectivity index (χ1) is 4.84. The Kier molecular flexibility index (Phi) is 2.27. The van der Waals surface area contributed by atoms with E-state index in [9.17, 15) is 0 Å². The van der Waals surface area contributed by atoms with E-state index in [0.29, 0.717) is 0 Å². The molecule has 0 bridgehead atoms. The van der Waals surface area contributed by atoms with Crippen LogP contribution in [0.2, 0.25) is 0 Å². The Bertz CT molecular complexity index is 204. The standard InChI is InChI=1S/C10H12/c1-3-9(2)10-7-5-4-6-8-10/h3-5,7H,1-2,6,8H2. The van der Waals surface area contributed by atoms with Gasteiger partial charge in [0.1, 0.15) is 0 Å². The van der Waals surface area contributed by atoms with E-state index in [1.54, 1.807) is 0 Å². The van der Waals surface area contributed by atoms with Gasteiger partial charge < -0.3 is 0 Å². The van der Waals surface area contributed by atoms with Crippen LogP contribution in [0, 0.1) is 0 Å². The van der Waals surface area contributed by atoms with Gasteiger partial charge in [-0.25, -0.2) is 0 Å². The molecule has 0 radical (unpaired) electrons.